The summed E-state index contributed by atoms with van der Waals surface area (Å²) in [6.07, 6.45) is 0. The van der Waals surface area contributed by atoms with Gasteiger partial charge in [0.1, 0.15) is 0 Å². The average Bonchev–Trinajstić information content (AvgIpc) is 2.39. The minimum atomic E-state index is -3.83. The van der Waals surface area contributed by atoms with Crippen LogP contribution in [0.3, 0.4) is 0 Å². The smallest absolute Gasteiger partial charge is 0.263 e. The maximum absolute atomic E-state index is 9.11. The van der Waals surface area contributed by atoms with Crippen molar-refractivity contribution in [3.05, 3.63) is 71.8 Å². The number of hydrogen-bond donors (Lipinski definition) is 2. The lowest BCUT2D eigenvalue weighted by Gasteiger charge is -2.01. The van der Waals surface area contributed by atoms with Crippen LogP contribution >= 0.6 is 11.8 Å². The van der Waals surface area contributed by atoms with Crippen LogP contribution in [0.2, 0.25) is 0 Å². The van der Waals surface area contributed by atoms with E-state index in [9.17, 15) is 0 Å². The van der Waals surface area contributed by atoms with Gasteiger partial charge in [-0.3, -0.25) is 9.11 Å². The first-order chi connectivity index (χ1) is 9.45. The van der Waals surface area contributed by atoms with Crippen LogP contribution in [-0.4, -0.2) is 13.3 Å². The van der Waals surface area contributed by atoms with Crippen molar-refractivity contribution < 1.29 is 13.3 Å². The second-order valence-corrected chi connectivity index (χ2v) is 7.10. The number of hydrogen-bond acceptors (Lipinski definition) is 3. The zero-order valence-corrected chi connectivity index (χ0v) is 13.2. The van der Waals surface area contributed by atoms with Gasteiger partial charge in [0, 0.05) is 22.7 Å². The van der Waals surface area contributed by atoms with Crippen molar-refractivity contribution in [1.29, 1.82) is 0 Å². The summed E-state index contributed by atoms with van der Waals surface area (Å²) in [6.45, 7) is 0. The molecule has 0 saturated heterocycles. The van der Waals surface area contributed by atoms with Gasteiger partial charge in [-0.25, -0.2) is 0 Å². The van der Waals surface area contributed by atoms with Crippen molar-refractivity contribution in [2.75, 3.05) is 0 Å². The molecule has 0 heterocycles. The molecule has 2 N–H and O–H groups in total. The maximum Gasteiger partial charge on any atom is 0.263 e. The molecular weight excluding hydrogens is 312 g/mol. The van der Waals surface area contributed by atoms with Crippen molar-refractivity contribution >= 4 is 32.0 Å². The van der Waals surface area contributed by atoms with Crippen LogP contribution in [0.4, 0.5) is 0 Å². The standard InChI is InChI=1S/C14H14S.H2O3S2/c1-3-7-13(8-4-1)11-15-12-14-9-5-2-6-10-14;1-5(2,3)4/h1-10H,11-12H2;(H2,1,2,3,4). The van der Waals surface area contributed by atoms with Crippen molar-refractivity contribution in [2.24, 2.45) is 0 Å². The topological polar surface area (TPSA) is 57.5 Å². The normalized spacial score (nSPS) is 10.5. The first-order valence-corrected chi connectivity index (χ1v) is 9.36. The molecule has 2 aromatic carbocycles. The molecule has 0 spiro atoms. The zero-order valence-electron chi connectivity index (χ0n) is 10.7. The fourth-order valence-corrected chi connectivity index (χ4v) is 2.39. The van der Waals surface area contributed by atoms with Crippen LogP contribution in [0.1, 0.15) is 11.1 Å². The largest absolute Gasteiger partial charge is 0.285 e. The molecule has 0 saturated carbocycles. The lowest BCUT2D eigenvalue weighted by Crippen LogP contribution is -1.86. The molecule has 0 aliphatic rings. The first-order valence-electron chi connectivity index (χ1n) is 5.80. The fraction of sp³-hybridized carbons (Fsp3) is 0.143. The Labute approximate surface area is 128 Å². The molecule has 0 aromatic heterocycles. The molecule has 108 valence electrons. The van der Waals surface area contributed by atoms with Gasteiger partial charge < -0.3 is 0 Å². The predicted molar refractivity (Wildman–Crippen MR) is 88.6 cm³/mol. The van der Waals surface area contributed by atoms with E-state index in [1.165, 1.54) is 11.1 Å². The third-order valence-electron chi connectivity index (χ3n) is 2.22. The molecule has 0 bridgehead atoms. The van der Waals surface area contributed by atoms with Crippen LogP contribution in [0, 0.1) is 0 Å². The van der Waals surface area contributed by atoms with Gasteiger partial charge >= 0.3 is 0 Å². The highest BCUT2D eigenvalue weighted by atomic mass is 32.9. The van der Waals surface area contributed by atoms with Gasteiger partial charge in [0.15, 0.2) is 0 Å². The number of rotatable bonds is 4. The third kappa shape index (κ3) is 9.94. The van der Waals surface area contributed by atoms with E-state index < -0.39 is 9.05 Å². The molecule has 0 fully saturated rings. The van der Waals surface area contributed by atoms with E-state index in [0.29, 0.717) is 0 Å². The number of thioether (sulfide) groups is 1. The summed E-state index contributed by atoms with van der Waals surface area (Å²) in [5.41, 5.74) is 2.80. The van der Waals surface area contributed by atoms with Gasteiger partial charge in [-0.05, 0) is 11.1 Å². The Balaban J connectivity index is 0.000000347. The molecule has 0 aliphatic carbocycles. The van der Waals surface area contributed by atoms with Crippen LogP contribution in [-0.2, 0) is 31.7 Å². The Morgan fingerprint density at radius 1 is 0.850 bits per heavy atom. The third-order valence-corrected chi connectivity index (χ3v) is 3.30. The van der Waals surface area contributed by atoms with Gasteiger partial charge in [-0.15, -0.1) is 0 Å². The summed E-state index contributed by atoms with van der Waals surface area (Å²) in [4.78, 5) is 0. The van der Waals surface area contributed by atoms with E-state index >= 15 is 0 Å². The van der Waals surface area contributed by atoms with Gasteiger partial charge in [0.25, 0.3) is 9.05 Å². The van der Waals surface area contributed by atoms with E-state index in [0.717, 1.165) is 11.5 Å². The highest BCUT2D eigenvalue weighted by molar-refractivity contribution is 8.26. The van der Waals surface area contributed by atoms with Gasteiger partial charge in [0.05, 0.1) is 0 Å². The van der Waals surface area contributed by atoms with Crippen molar-refractivity contribution in [2.45, 2.75) is 11.5 Å². The molecule has 0 aliphatic heterocycles. The molecule has 0 amide bonds. The Bertz CT molecular complexity index is 536. The van der Waals surface area contributed by atoms with Crippen molar-refractivity contribution in [3.8, 4) is 0 Å². The Kier molecular flexibility index (Phi) is 7.79. The molecule has 0 atom stereocenters. The van der Waals surface area contributed by atoms with E-state index in [1.807, 2.05) is 11.8 Å². The Hall–Kier alpha value is -0.920. The van der Waals surface area contributed by atoms with Crippen molar-refractivity contribution in [3.63, 3.8) is 0 Å². The fourth-order valence-electron chi connectivity index (χ4n) is 1.44. The molecule has 0 radical (unpaired) electrons. The second-order valence-electron chi connectivity index (χ2n) is 3.91. The summed E-state index contributed by atoms with van der Waals surface area (Å²) < 4.78 is 24.0. The maximum atomic E-state index is 9.11. The SMILES string of the molecule is O=S(O)(O)=S.c1ccc(CSCc2ccccc2)cc1. The highest BCUT2D eigenvalue weighted by Crippen LogP contribution is 2.17. The van der Waals surface area contributed by atoms with E-state index in [2.05, 4.69) is 71.9 Å². The van der Waals surface area contributed by atoms with E-state index in [-0.39, 0.29) is 0 Å². The van der Waals surface area contributed by atoms with Crippen LogP contribution < -0.4 is 0 Å². The molecule has 0 unspecified atom stereocenters. The number of benzene rings is 2. The van der Waals surface area contributed by atoms with Crippen LogP contribution in [0.15, 0.2) is 60.7 Å². The summed E-state index contributed by atoms with van der Waals surface area (Å²) in [5.74, 6) is 2.19. The second kappa shape index (κ2) is 9.10. The quantitative estimate of drug-likeness (QED) is 0.894. The van der Waals surface area contributed by atoms with Crippen LogP contribution in [0.5, 0.6) is 0 Å². The van der Waals surface area contributed by atoms with Crippen molar-refractivity contribution in [1.82, 2.24) is 0 Å². The molecular formula is C14H16O3S3. The lowest BCUT2D eigenvalue weighted by molar-refractivity contribution is 0.450. The van der Waals surface area contributed by atoms with Gasteiger partial charge in [-0.1, -0.05) is 60.7 Å². The highest BCUT2D eigenvalue weighted by Gasteiger charge is 1.93. The molecule has 20 heavy (non-hydrogen) atoms. The summed E-state index contributed by atoms with van der Waals surface area (Å²) >= 11 is 5.42. The molecule has 2 rings (SSSR count). The first kappa shape index (κ1) is 17.1. The minimum Gasteiger partial charge on any atom is -0.285 e. The van der Waals surface area contributed by atoms with E-state index in [4.69, 9.17) is 13.3 Å². The van der Waals surface area contributed by atoms with Crippen LogP contribution in [0.25, 0.3) is 0 Å². The van der Waals surface area contributed by atoms with E-state index in [1.54, 1.807) is 0 Å². The summed E-state index contributed by atoms with van der Waals surface area (Å²) in [5, 5.41) is 0. The predicted octanol–water partition coefficient (Wildman–Crippen LogP) is 3.80. The lowest BCUT2D eigenvalue weighted by atomic mass is 10.2. The summed E-state index contributed by atoms with van der Waals surface area (Å²) in [7, 11) is -3.83. The molecule has 6 heteroatoms. The zero-order chi connectivity index (χ0) is 14.8. The minimum absolute atomic E-state index is 1.09. The van der Waals surface area contributed by atoms with Gasteiger partial charge in [-0.2, -0.15) is 16.0 Å². The molecule has 3 nitrogen and oxygen atoms in total. The summed E-state index contributed by atoms with van der Waals surface area (Å²) in [6, 6.07) is 21.2. The Morgan fingerprint density at radius 3 is 1.45 bits per heavy atom. The molecule has 2 aromatic rings. The van der Waals surface area contributed by atoms with Gasteiger partial charge in [0.2, 0.25) is 0 Å². The Morgan fingerprint density at radius 2 is 1.15 bits per heavy atom. The average molecular weight is 328 g/mol. The monoisotopic (exact) mass is 328 g/mol.